The molecule has 2 rings (SSSR count). The number of carbonyl (C=O) groups excluding carboxylic acids is 1. The maximum atomic E-state index is 13.0. The molecule has 1 aromatic carbocycles. The zero-order valence-corrected chi connectivity index (χ0v) is 12.5. The van der Waals surface area contributed by atoms with E-state index in [4.69, 9.17) is 11.6 Å². The van der Waals surface area contributed by atoms with Crippen molar-refractivity contribution in [3.05, 3.63) is 34.6 Å². The average Bonchev–Trinajstić information content (AvgIpc) is 2.49. The predicted octanol–water partition coefficient (Wildman–Crippen LogP) is 1.83. The number of hydrogen-bond donors (Lipinski definition) is 2. The molecule has 112 valence electrons. The standard InChI is InChI=1S/C15H17ClFN3O/c1-11(19-15(21)20-8-6-18-7-9-20)2-3-12-4-5-14(17)13(16)10-12/h4-5,10-11,18H,6-9H2,1H3,(H,19,21). The van der Waals surface area contributed by atoms with Gasteiger partial charge in [-0.15, -0.1) is 0 Å². The number of benzene rings is 1. The molecule has 1 aliphatic rings. The highest BCUT2D eigenvalue weighted by atomic mass is 35.5. The van der Waals surface area contributed by atoms with E-state index in [1.807, 2.05) is 0 Å². The van der Waals surface area contributed by atoms with Gasteiger partial charge >= 0.3 is 6.03 Å². The number of hydrogen-bond acceptors (Lipinski definition) is 2. The first-order valence-electron chi connectivity index (χ1n) is 6.79. The van der Waals surface area contributed by atoms with Crippen molar-refractivity contribution in [2.24, 2.45) is 0 Å². The molecule has 1 heterocycles. The Morgan fingerprint density at radius 1 is 1.48 bits per heavy atom. The number of rotatable bonds is 1. The van der Waals surface area contributed by atoms with E-state index in [-0.39, 0.29) is 17.1 Å². The lowest BCUT2D eigenvalue weighted by Gasteiger charge is -2.28. The molecule has 1 fully saturated rings. The Bertz CT molecular complexity index is 576. The van der Waals surface area contributed by atoms with E-state index in [1.54, 1.807) is 17.9 Å². The molecule has 0 saturated carbocycles. The van der Waals surface area contributed by atoms with Crippen LogP contribution in [0.3, 0.4) is 0 Å². The van der Waals surface area contributed by atoms with Gasteiger partial charge in [-0.05, 0) is 25.1 Å². The zero-order chi connectivity index (χ0) is 15.2. The van der Waals surface area contributed by atoms with Crippen LogP contribution in [0.5, 0.6) is 0 Å². The van der Waals surface area contributed by atoms with E-state index in [9.17, 15) is 9.18 Å². The van der Waals surface area contributed by atoms with E-state index in [0.29, 0.717) is 18.7 Å². The van der Waals surface area contributed by atoms with Gasteiger partial charge in [-0.3, -0.25) is 0 Å². The first-order valence-corrected chi connectivity index (χ1v) is 7.17. The summed E-state index contributed by atoms with van der Waals surface area (Å²) in [4.78, 5) is 13.7. The SMILES string of the molecule is CC(C#Cc1ccc(F)c(Cl)c1)NC(=O)N1CCNCC1. The van der Waals surface area contributed by atoms with Crippen molar-refractivity contribution in [1.29, 1.82) is 0 Å². The van der Waals surface area contributed by atoms with Gasteiger partial charge < -0.3 is 15.5 Å². The molecular weight excluding hydrogens is 293 g/mol. The van der Waals surface area contributed by atoms with E-state index >= 15 is 0 Å². The maximum absolute atomic E-state index is 13.0. The van der Waals surface area contributed by atoms with Crippen LogP contribution < -0.4 is 10.6 Å². The monoisotopic (exact) mass is 309 g/mol. The van der Waals surface area contributed by atoms with Crippen LogP contribution in [0.2, 0.25) is 5.02 Å². The molecule has 6 heteroatoms. The molecule has 0 aliphatic carbocycles. The van der Waals surface area contributed by atoms with Crippen LogP contribution in [0.4, 0.5) is 9.18 Å². The Balaban J connectivity index is 1.92. The molecule has 1 aromatic rings. The molecule has 0 aromatic heterocycles. The third kappa shape index (κ3) is 4.62. The fourth-order valence-corrected chi connectivity index (χ4v) is 2.13. The van der Waals surface area contributed by atoms with Crippen LogP contribution in [-0.2, 0) is 0 Å². The number of carbonyl (C=O) groups is 1. The summed E-state index contributed by atoms with van der Waals surface area (Å²) in [5.74, 6) is 5.31. The van der Waals surface area contributed by atoms with Gasteiger partial charge in [0.25, 0.3) is 0 Å². The fourth-order valence-electron chi connectivity index (χ4n) is 1.95. The summed E-state index contributed by atoms with van der Waals surface area (Å²) in [6, 6.07) is 3.89. The Morgan fingerprint density at radius 3 is 2.86 bits per heavy atom. The number of urea groups is 1. The first-order chi connectivity index (χ1) is 10.1. The summed E-state index contributed by atoms with van der Waals surface area (Å²) in [5.41, 5.74) is 0.615. The lowest BCUT2D eigenvalue weighted by molar-refractivity contribution is 0.189. The third-order valence-electron chi connectivity index (χ3n) is 3.10. The molecule has 1 atom stereocenters. The molecule has 1 aliphatic heterocycles. The molecule has 0 radical (unpaired) electrons. The Hall–Kier alpha value is -1.77. The molecule has 21 heavy (non-hydrogen) atoms. The Labute approximate surface area is 128 Å². The minimum atomic E-state index is -0.470. The summed E-state index contributed by atoms with van der Waals surface area (Å²) in [5, 5.41) is 6.05. The van der Waals surface area contributed by atoms with Gasteiger partial charge in [0.05, 0.1) is 11.1 Å². The van der Waals surface area contributed by atoms with Gasteiger partial charge in [0.1, 0.15) is 5.82 Å². The molecule has 0 bridgehead atoms. The number of nitrogens with zero attached hydrogens (tertiary/aromatic N) is 1. The van der Waals surface area contributed by atoms with E-state index in [1.165, 1.54) is 12.1 Å². The van der Waals surface area contributed by atoms with Crippen molar-refractivity contribution in [1.82, 2.24) is 15.5 Å². The van der Waals surface area contributed by atoms with E-state index in [2.05, 4.69) is 22.5 Å². The summed E-state index contributed by atoms with van der Waals surface area (Å²) in [6.07, 6.45) is 0. The smallest absolute Gasteiger partial charge is 0.318 e. The summed E-state index contributed by atoms with van der Waals surface area (Å²) in [6.45, 7) is 4.81. The van der Waals surface area contributed by atoms with Crippen LogP contribution in [0, 0.1) is 17.7 Å². The van der Waals surface area contributed by atoms with Gasteiger partial charge in [0.15, 0.2) is 0 Å². The maximum Gasteiger partial charge on any atom is 0.318 e. The minimum absolute atomic E-state index is 0.0410. The Kier molecular flexibility index (Phi) is 5.43. The molecule has 2 amide bonds. The van der Waals surface area contributed by atoms with Gasteiger partial charge in [0.2, 0.25) is 0 Å². The van der Waals surface area contributed by atoms with Gasteiger partial charge in [0, 0.05) is 31.7 Å². The highest BCUT2D eigenvalue weighted by Crippen LogP contribution is 2.15. The fraction of sp³-hybridized carbons (Fsp3) is 0.400. The van der Waals surface area contributed by atoms with Gasteiger partial charge in [-0.25, -0.2) is 9.18 Å². The van der Waals surface area contributed by atoms with Crippen LogP contribution >= 0.6 is 11.6 Å². The highest BCUT2D eigenvalue weighted by Gasteiger charge is 2.16. The second-order valence-electron chi connectivity index (χ2n) is 4.81. The van der Waals surface area contributed by atoms with Crippen molar-refractivity contribution in [3.8, 4) is 11.8 Å². The molecular formula is C15H17ClFN3O. The van der Waals surface area contributed by atoms with Crippen molar-refractivity contribution in [2.45, 2.75) is 13.0 Å². The lowest BCUT2D eigenvalue weighted by atomic mass is 10.2. The van der Waals surface area contributed by atoms with Crippen molar-refractivity contribution in [2.75, 3.05) is 26.2 Å². The van der Waals surface area contributed by atoms with Gasteiger partial charge in [-0.1, -0.05) is 23.4 Å². The molecule has 0 spiro atoms. The van der Waals surface area contributed by atoms with Crippen molar-refractivity contribution >= 4 is 17.6 Å². The van der Waals surface area contributed by atoms with Crippen molar-refractivity contribution < 1.29 is 9.18 Å². The second-order valence-corrected chi connectivity index (χ2v) is 5.21. The number of nitrogens with one attached hydrogen (secondary N) is 2. The Morgan fingerprint density at radius 2 is 2.19 bits per heavy atom. The van der Waals surface area contributed by atoms with Gasteiger partial charge in [-0.2, -0.15) is 0 Å². The minimum Gasteiger partial charge on any atom is -0.325 e. The van der Waals surface area contributed by atoms with Crippen LogP contribution in [-0.4, -0.2) is 43.2 Å². The summed E-state index contributed by atoms with van der Waals surface area (Å²) < 4.78 is 13.0. The second kappa shape index (κ2) is 7.30. The van der Waals surface area contributed by atoms with Crippen LogP contribution in [0.25, 0.3) is 0 Å². The zero-order valence-electron chi connectivity index (χ0n) is 11.7. The third-order valence-corrected chi connectivity index (χ3v) is 3.39. The average molecular weight is 310 g/mol. The normalized spacial score (nSPS) is 15.9. The number of halogens is 2. The van der Waals surface area contributed by atoms with Crippen LogP contribution in [0.1, 0.15) is 12.5 Å². The summed E-state index contributed by atoms with van der Waals surface area (Å²) in [7, 11) is 0. The molecule has 2 N–H and O–H groups in total. The van der Waals surface area contributed by atoms with Crippen molar-refractivity contribution in [3.63, 3.8) is 0 Å². The predicted molar refractivity (Wildman–Crippen MR) is 80.7 cm³/mol. The topological polar surface area (TPSA) is 44.4 Å². The molecule has 1 unspecified atom stereocenters. The van der Waals surface area contributed by atoms with Crippen LogP contribution in [0.15, 0.2) is 18.2 Å². The summed E-state index contributed by atoms with van der Waals surface area (Å²) >= 11 is 5.69. The molecule has 1 saturated heterocycles. The van der Waals surface area contributed by atoms with E-state index in [0.717, 1.165) is 13.1 Å². The van der Waals surface area contributed by atoms with E-state index < -0.39 is 5.82 Å². The first kappa shape index (κ1) is 15.6. The lowest BCUT2D eigenvalue weighted by Crippen LogP contribution is -2.51. The quantitative estimate of drug-likeness (QED) is 0.778. The highest BCUT2D eigenvalue weighted by molar-refractivity contribution is 6.30. The number of piperazine rings is 1. The number of amides is 2. The molecule has 4 nitrogen and oxygen atoms in total. The largest absolute Gasteiger partial charge is 0.325 e.